The monoisotopic (exact) mass is 405 g/mol. The SMILES string of the molecule is Cl.Cn1nc(C2CCNCC2)nc1NC(=O)c1cnc(-c2ccncc2)s1. The summed E-state index contributed by atoms with van der Waals surface area (Å²) in [4.78, 5) is 25.9. The molecule has 4 rings (SSSR count). The van der Waals surface area contributed by atoms with E-state index in [-0.39, 0.29) is 18.3 Å². The Morgan fingerprint density at radius 2 is 2.04 bits per heavy atom. The molecule has 10 heteroatoms. The van der Waals surface area contributed by atoms with Gasteiger partial charge in [-0.1, -0.05) is 0 Å². The van der Waals surface area contributed by atoms with Crippen molar-refractivity contribution in [3.8, 4) is 10.6 Å². The van der Waals surface area contributed by atoms with E-state index < -0.39 is 0 Å². The van der Waals surface area contributed by atoms with Crippen molar-refractivity contribution < 1.29 is 4.79 Å². The number of hydrogen-bond donors (Lipinski definition) is 2. The second kappa shape index (κ2) is 8.55. The average Bonchev–Trinajstić information content (AvgIpc) is 3.31. The van der Waals surface area contributed by atoms with E-state index in [1.165, 1.54) is 11.3 Å². The number of pyridine rings is 1. The van der Waals surface area contributed by atoms with Gasteiger partial charge in [-0.15, -0.1) is 23.7 Å². The molecule has 1 fully saturated rings. The van der Waals surface area contributed by atoms with Crippen LogP contribution in [-0.4, -0.2) is 43.7 Å². The zero-order chi connectivity index (χ0) is 17.9. The van der Waals surface area contributed by atoms with Crippen molar-refractivity contribution in [3.63, 3.8) is 0 Å². The summed E-state index contributed by atoms with van der Waals surface area (Å²) in [5, 5.41) is 11.4. The predicted molar refractivity (Wildman–Crippen MR) is 106 cm³/mol. The number of halogens is 1. The summed E-state index contributed by atoms with van der Waals surface area (Å²) in [6, 6.07) is 3.74. The molecule has 3 aromatic heterocycles. The maximum Gasteiger partial charge on any atom is 0.269 e. The van der Waals surface area contributed by atoms with Gasteiger partial charge in [-0.3, -0.25) is 15.1 Å². The summed E-state index contributed by atoms with van der Waals surface area (Å²) in [5.74, 6) is 1.37. The minimum absolute atomic E-state index is 0. The van der Waals surface area contributed by atoms with Crippen molar-refractivity contribution in [2.45, 2.75) is 18.8 Å². The Kier molecular flexibility index (Phi) is 6.15. The van der Waals surface area contributed by atoms with Crippen LogP contribution >= 0.6 is 23.7 Å². The van der Waals surface area contributed by atoms with Gasteiger partial charge in [0.15, 0.2) is 5.82 Å². The first kappa shape index (κ1) is 19.4. The van der Waals surface area contributed by atoms with Crippen LogP contribution in [0.4, 0.5) is 5.95 Å². The topological polar surface area (TPSA) is 97.6 Å². The lowest BCUT2D eigenvalue weighted by molar-refractivity contribution is 0.102. The molecule has 4 heterocycles. The number of rotatable bonds is 4. The summed E-state index contributed by atoms with van der Waals surface area (Å²) in [6.45, 7) is 1.95. The Bertz CT molecular complexity index is 905. The van der Waals surface area contributed by atoms with Gasteiger partial charge in [0.1, 0.15) is 9.88 Å². The van der Waals surface area contributed by atoms with E-state index >= 15 is 0 Å². The summed E-state index contributed by atoms with van der Waals surface area (Å²) in [5.41, 5.74) is 0.941. The van der Waals surface area contributed by atoms with E-state index in [1.807, 2.05) is 12.1 Å². The average molecular weight is 406 g/mol. The van der Waals surface area contributed by atoms with E-state index in [2.05, 4.69) is 30.7 Å². The first-order valence-corrected chi connectivity index (χ1v) is 9.31. The second-order valence-corrected chi connectivity index (χ2v) is 7.19. The van der Waals surface area contributed by atoms with Gasteiger partial charge in [-0.05, 0) is 38.1 Å². The van der Waals surface area contributed by atoms with E-state index in [1.54, 1.807) is 30.3 Å². The molecular weight excluding hydrogens is 386 g/mol. The van der Waals surface area contributed by atoms with Gasteiger partial charge in [-0.25, -0.2) is 9.67 Å². The number of nitrogens with zero attached hydrogens (tertiary/aromatic N) is 5. The fourth-order valence-electron chi connectivity index (χ4n) is 2.94. The highest BCUT2D eigenvalue weighted by molar-refractivity contribution is 7.17. The van der Waals surface area contributed by atoms with Gasteiger partial charge in [0, 0.05) is 30.9 Å². The minimum Gasteiger partial charge on any atom is -0.317 e. The third kappa shape index (κ3) is 4.32. The van der Waals surface area contributed by atoms with Crippen LogP contribution in [0.1, 0.15) is 34.3 Å². The van der Waals surface area contributed by atoms with Crippen molar-refractivity contribution in [3.05, 3.63) is 41.4 Å². The lowest BCUT2D eigenvalue weighted by Crippen LogP contribution is -2.27. The lowest BCUT2D eigenvalue weighted by Gasteiger charge is -2.19. The number of thiazole rings is 1. The number of carbonyl (C=O) groups excluding carboxylic acids is 1. The summed E-state index contributed by atoms with van der Waals surface area (Å²) in [7, 11) is 1.79. The molecule has 1 saturated heterocycles. The molecule has 0 radical (unpaired) electrons. The Hall–Kier alpha value is -2.36. The Morgan fingerprint density at radius 3 is 2.78 bits per heavy atom. The zero-order valence-electron chi connectivity index (χ0n) is 14.8. The molecule has 2 N–H and O–H groups in total. The first-order valence-electron chi connectivity index (χ1n) is 8.50. The molecule has 1 amide bonds. The highest BCUT2D eigenvalue weighted by atomic mass is 35.5. The van der Waals surface area contributed by atoms with Crippen molar-refractivity contribution >= 4 is 35.6 Å². The quantitative estimate of drug-likeness (QED) is 0.692. The molecule has 0 bridgehead atoms. The summed E-state index contributed by atoms with van der Waals surface area (Å²) < 4.78 is 1.63. The van der Waals surface area contributed by atoms with E-state index in [0.29, 0.717) is 16.7 Å². The van der Waals surface area contributed by atoms with E-state index in [9.17, 15) is 4.79 Å². The Labute approximate surface area is 166 Å². The Balaban J connectivity index is 0.00000210. The molecule has 0 atom stereocenters. The van der Waals surface area contributed by atoms with Crippen LogP contribution in [0.2, 0.25) is 0 Å². The first-order chi connectivity index (χ1) is 12.7. The molecule has 8 nitrogen and oxygen atoms in total. The van der Waals surface area contributed by atoms with Crippen molar-refractivity contribution in [2.75, 3.05) is 18.4 Å². The van der Waals surface area contributed by atoms with Crippen molar-refractivity contribution in [1.29, 1.82) is 0 Å². The molecule has 0 saturated carbocycles. The smallest absolute Gasteiger partial charge is 0.269 e. The molecule has 27 heavy (non-hydrogen) atoms. The molecule has 0 aromatic carbocycles. The lowest BCUT2D eigenvalue weighted by atomic mass is 9.98. The third-order valence-electron chi connectivity index (χ3n) is 4.37. The predicted octanol–water partition coefficient (Wildman–Crippen LogP) is 2.47. The standard InChI is InChI=1S/C17H19N7OS.ClH/c1-24-17(21-14(23-24)11-2-6-18-7-3-11)22-15(25)13-10-20-16(26-13)12-4-8-19-9-5-12;/h4-5,8-11,18H,2-3,6-7H2,1H3,(H,21,22,23,25);1H. The van der Waals surface area contributed by atoms with E-state index in [0.717, 1.165) is 42.3 Å². The zero-order valence-corrected chi connectivity index (χ0v) is 16.4. The second-order valence-electron chi connectivity index (χ2n) is 6.16. The van der Waals surface area contributed by atoms with Crippen LogP contribution in [0, 0.1) is 0 Å². The number of hydrogen-bond acceptors (Lipinski definition) is 7. The molecule has 0 spiro atoms. The molecule has 3 aromatic rings. The highest BCUT2D eigenvalue weighted by Crippen LogP contribution is 2.26. The van der Waals surface area contributed by atoms with Gasteiger partial charge >= 0.3 is 0 Å². The van der Waals surface area contributed by atoms with Crippen LogP contribution < -0.4 is 10.6 Å². The molecule has 1 aliphatic heterocycles. The number of piperidine rings is 1. The fraction of sp³-hybridized carbons (Fsp3) is 0.353. The number of amides is 1. The van der Waals surface area contributed by atoms with Crippen molar-refractivity contribution in [2.24, 2.45) is 7.05 Å². The number of carbonyl (C=O) groups is 1. The maximum absolute atomic E-state index is 12.6. The highest BCUT2D eigenvalue weighted by Gasteiger charge is 2.22. The van der Waals surface area contributed by atoms with Gasteiger partial charge in [-0.2, -0.15) is 10.1 Å². The van der Waals surface area contributed by atoms with Crippen LogP contribution in [0.3, 0.4) is 0 Å². The minimum atomic E-state index is -0.227. The van der Waals surface area contributed by atoms with Crippen LogP contribution in [0.25, 0.3) is 10.6 Å². The number of anilines is 1. The van der Waals surface area contributed by atoms with Crippen LogP contribution in [0.15, 0.2) is 30.7 Å². The number of nitrogens with one attached hydrogen (secondary N) is 2. The molecule has 1 aliphatic rings. The number of aryl methyl sites for hydroxylation is 1. The summed E-state index contributed by atoms with van der Waals surface area (Å²) in [6.07, 6.45) is 7.03. The van der Waals surface area contributed by atoms with Crippen molar-refractivity contribution in [1.82, 2.24) is 30.0 Å². The number of aromatic nitrogens is 5. The molecule has 0 unspecified atom stereocenters. The van der Waals surface area contributed by atoms with Crippen LogP contribution in [-0.2, 0) is 7.05 Å². The third-order valence-corrected chi connectivity index (χ3v) is 5.41. The largest absolute Gasteiger partial charge is 0.317 e. The van der Waals surface area contributed by atoms with Gasteiger partial charge in [0.05, 0.1) is 6.20 Å². The van der Waals surface area contributed by atoms with E-state index in [4.69, 9.17) is 0 Å². The molecule has 0 aliphatic carbocycles. The molecule has 142 valence electrons. The fourth-order valence-corrected chi connectivity index (χ4v) is 3.75. The maximum atomic E-state index is 12.6. The normalized spacial score (nSPS) is 14.6. The van der Waals surface area contributed by atoms with Crippen LogP contribution in [0.5, 0.6) is 0 Å². The molecular formula is C17H20ClN7OS. The van der Waals surface area contributed by atoms with Gasteiger partial charge in [0.25, 0.3) is 5.91 Å². The van der Waals surface area contributed by atoms with Gasteiger partial charge < -0.3 is 5.32 Å². The Morgan fingerprint density at radius 1 is 1.30 bits per heavy atom. The summed E-state index contributed by atoms with van der Waals surface area (Å²) >= 11 is 1.34. The van der Waals surface area contributed by atoms with Gasteiger partial charge in [0.2, 0.25) is 5.95 Å².